The molecular formula is C21H29N3O4. The summed E-state index contributed by atoms with van der Waals surface area (Å²) in [5.41, 5.74) is 0.140. The zero-order valence-corrected chi connectivity index (χ0v) is 17.1. The van der Waals surface area contributed by atoms with Crippen LogP contribution in [0.15, 0.2) is 22.7 Å². The molecule has 4 heterocycles. The summed E-state index contributed by atoms with van der Waals surface area (Å²) >= 11 is 0. The van der Waals surface area contributed by atoms with Gasteiger partial charge in [-0.1, -0.05) is 44.0 Å². The van der Waals surface area contributed by atoms with Crippen molar-refractivity contribution in [1.82, 2.24) is 15.0 Å². The highest BCUT2D eigenvalue weighted by molar-refractivity contribution is 5.93. The van der Waals surface area contributed by atoms with Crippen LogP contribution in [0.1, 0.15) is 38.1 Å². The summed E-state index contributed by atoms with van der Waals surface area (Å²) in [6, 6.07) is 1.82. The minimum Gasteiger partial charge on any atom is -0.360 e. The van der Waals surface area contributed by atoms with E-state index in [2.05, 4.69) is 19.0 Å². The van der Waals surface area contributed by atoms with Gasteiger partial charge in [-0.25, -0.2) is 0 Å². The van der Waals surface area contributed by atoms with Crippen molar-refractivity contribution < 1.29 is 18.8 Å². The van der Waals surface area contributed by atoms with E-state index in [1.165, 1.54) is 0 Å². The average Bonchev–Trinajstić information content (AvgIpc) is 3.41. The highest BCUT2D eigenvalue weighted by Gasteiger charge is 2.67. The Morgan fingerprint density at radius 3 is 2.82 bits per heavy atom. The smallest absolute Gasteiger partial charge is 0.230 e. The molecule has 3 aliphatic heterocycles. The molecule has 0 unspecified atom stereocenters. The molecule has 2 saturated heterocycles. The SMILES string of the molecule is CCC(CC)CN1C[C@]23C=C[C@H](O2)[C@H](C(=O)N(C)Cc2cc(C)no2)[C@@H]3C1=O. The molecule has 0 saturated carbocycles. The summed E-state index contributed by atoms with van der Waals surface area (Å²) in [7, 11) is 1.74. The molecule has 0 radical (unpaired) electrons. The highest BCUT2D eigenvalue weighted by atomic mass is 16.5. The summed E-state index contributed by atoms with van der Waals surface area (Å²) in [6.45, 7) is 7.77. The van der Waals surface area contributed by atoms with Crippen LogP contribution in [0.25, 0.3) is 0 Å². The number of hydrogen-bond acceptors (Lipinski definition) is 5. The van der Waals surface area contributed by atoms with E-state index in [1.54, 1.807) is 11.9 Å². The molecule has 2 fully saturated rings. The number of likely N-dealkylation sites (tertiary alicyclic amines) is 1. The predicted molar refractivity (Wildman–Crippen MR) is 102 cm³/mol. The van der Waals surface area contributed by atoms with Gasteiger partial charge in [0.05, 0.1) is 36.7 Å². The number of nitrogens with zero attached hydrogens (tertiary/aromatic N) is 3. The molecule has 7 heteroatoms. The van der Waals surface area contributed by atoms with Crippen LogP contribution in [0, 0.1) is 24.7 Å². The number of carbonyl (C=O) groups is 2. The van der Waals surface area contributed by atoms with Gasteiger partial charge in [-0.15, -0.1) is 0 Å². The number of hydrogen-bond donors (Lipinski definition) is 0. The van der Waals surface area contributed by atoms with Crippen molar-refractivity contribution in [2.24, 2.45) is 17.8 Å². The van der Waals surface area contributed by atoms with Crippen LogP contribution in [0.4, 0.5) is 0 Å². The fraction of sp³-hybridized carbons (Fsp3) is 0.667. The molecule has 0 aromatic carbocycles. The van der Waals surface area contributed by atoms with Crippen molar-refractivity contribution in [3.05, 3.63) is 29.7 Å². The Bertz CT molecular complexity index is 799. The van der Waals surface area contributed by atoms with E-state index < -0.39 is 17.4 Å². The van der Waals surface area contributed by atoms with Crippen molar-refractivity contribution >= 4 is 11.8 Å². The molecular weight excluding hydrogens is 358 g/mol. The van der Waals surface area contributed by atoms with Crippen molar-refractivity contribution in [2.75, 3.05) is 20.1 Å². The van der Waals surface area contributed by atoms with E-state index in [4.69, 9.17) is 9.26 Å². The molecule has 0 N–H and O–H groups in total. The molecule has 1 aromatic rings. The van der Waals surface area contributed by atoms with Gasteiger partial charge in [0.15, 0.2) is 5.76 Å². The van der Waals surface area contributed by atoms with E-state index >= 15 is 0 Å². The Morgan fingerprint density at radius 1 is 1.43 bits per heavy atom. The Hall–Kier alpha value is -2.15. The predicted octanol–water partition coefficient (Wildman–Crippen LogP) is 2.16. The number of fused-ring (bicyclic) bond motifs is 1. The molecule has 2 bridgehead atoms. The molecule has 3 aliphatic rings. The molecule has 1 aromatic heterocycles. The van der Waals surface area contributed by atoms with Gasteiger partial charge < -0.3 is 19.1 Å². The lowest BCUT2D eigenvalue weighted by Gasteiger charge is -2.27. The third-order valence-electron chi connectivity index (χ3n) is 6.54. The first-order valence-corrected chi connectivity index (χ1v) is 10.2. The van der Waals surface area contributed by atoms with Crippen LogP contribution in [0.2, 0.25) is 0 Å². The molecule has 1 spiro atoms. The summed E-state index contributed by atoms with van der Waals surface area (Å²) in [5, 5.41) is 3.87. The zero-order valence-electron chi connectivity index (χ0n) is 17.1. The second-order valence-electron chi connectivity index (χ2n) is 8.43. The fourth-order valence-electron chi connectivity index (χ4n) is 4.93. The molecule has 152 valence electrons. The maximum atomic E-state index is 13.3. The Labute approximate surface area is 165 Å². The molecule has 4 atom stereocenters. The number of amides is 2. The molecule has 2 amide bonds. The summed E-state index contributed by atoms with van der Waals surface area (Å²) < 4.78 is 11.5. The number of carbonyl (C=O) groups excluding carboxylic acids is 2. The third-order valence-corrected chi connectivity index (χ3v) is 6.54. The van der Waals surface area contributed by atoms with Crippen LogP contribution < -0.4 is 0 Å². The van der Waals surface area contributed by atoms with Gasteiger partial charge in [-0.2, -0.15) is 0 Å². The highest BCUT2D eigenvalue weighted by Crippen LogP contribution is 2.52. The standard InChI is InChI=1S/C21H29N3O4/c1-5-14(6-2)10-24-12-21-8-7-16(27-21)17(18(21)20(24)26)19(25)23(4)11-15-9-13(3)22-28-15/h7-9,14,16-18H,5-6,10-12H2,1-4H3/t16-,17-,18+,21-/m0/s1. The van der Waals surface area contributed by atoms with Gasteiger partial charge in [0, 0.05) is 19.7 Å². The average molecular weight is 387 g/mol. The van der Waals surface area contributed by atoms with Gasteiger partial charge in [-0.3, -0.25) is 9.59 Å². The fourth-order valence-corrected chi connectivity index (χ4v) is 4.93. The Kier molecular flexibility index (Phi) is 4.81. The van der Waals surface area contributed by atoms with Crippen LogP contribution in [-0.4, -0.2) is 58.6 Å². The summed E-state index contributed by atoms with van der Waals surface area (Å²) in [4.78, 5) is 30.0. The van der Waals surface area contributed by atoms with Crippen LogP contribution in [0.3, 0.4) is 0 Å². The largest absolute Gasteiger partial charge is 0.360 e. The van der Waals surface area contributed by atoms with E-state index in [-0.39, 0.29) is 17.9 Å². The molecule has 7 nitrogen and oxygen atoms in total. The van der Waals surface area contributed by atoms with Crippen molar-refractivity contribution in [2.45, 2.75) is 51.9 Å². The van der Waals surface area contributed by atoms with E-state index in [0.717, 1.165) is 25.1 Å². The maximum absolute atomic E-state index is 13.3. The molecule has 0 aliphatic carbocycles. The van der Waals surface area contributed by atoms with Crippen molar-refractivity contribution in [3.63, 3.8) is 0 Å². The second kappa shape index (κ2) is 7.03. The lowest BCUT2D eigenvalue weighted by Crippen LogP contribution is -2.44. The first kappa shape index (κ1) is 19.2. The number of ether oxygens (including phenoxy) is 1. The third kappa shape index (κ3) is 2.96. The van der Waals surface area contributed by atoms with Gasteiger partial charge in [0.2, 0.25) is 11.8 Å². The lowest BCUT2D eigenvalue weighted by atomic mass is 9.76. The maximum Gasteiger partial charge on any atom is 0.230 e. The monoisotopic (exact) mass is 387 g/mol. The van der Waals surface area contributed by atoms with Crippen LogP contribution in [-0.2, 0) is 20.9 Å². The van der Waals surface area contributed by atoms with E-state index in [9.17, 15) is 9.59 Å². The number of aromatic nitrogens is 1. The minimum absolute atomic E-state index is 0.0565. The summed E-state index contributed by atoms with van der Waals surface area (Å²) in [6.07, 6.45) is 5.73. The van der Waals surface area contributed by atoms with E-state index in [0.29, 0.717) is 24.8 Å². The lowest BCUT2D eigenvalue weighted by molar-refractivity contribution is -0.143. The minimum atomic E-state index is -0.641. The Balaban J connectivity index is 1.52. The van der Waals surface area contributed by atoms with Crippen LogP contribution in [0.5, 0.6) is 0 Å². The quantitative estimate of drug-likeness (QED) is 0.670. The van der Waals surface area contributed by atoms with Gasteiger partial charge in [0.1, 0.15) is 5.60 Å². The second-order valence-corrected chi connectivity index (χ2v) is 8.43. The topological polar surface area (TPSA) is 75.9 Å². The van der Waals surface area contributed by atoms with Gasteiger partial charge >= 0.3 is 0 Å². The first-order chi connectivity index (χ1) is 13.4. The first-order valence-electron chi connectivity index (χ1n) is 10.2. The van der Waals surface area contributed by atoms with E-state index in [1.807, 2.05) is 30.0 Å². The van der Waals surface area contributed by atoms with Gasteiger partial charge in [-0.05, 0) is 12.8 Å². The van der Waals surface area contributed by atoms with Crippen molar-refractivity contribution in [3.8, 4) is 0 Å². The Morgan fingerprint density at radius 2 is 2.18 bits per heavy atom. The van der Waals surface area contributed by atoms with Gasteiger partial charge in [0.25, 0.3) is 0 Å². The zero-order chi connectivity index (χ0) is 20.1. The normalized spacial score (nSPS) is 30.5. The van der Waals surface area contributed by atoms with Crippen molar-refractivity contribution in [1.29, 1.82) is 0 Å². The summed E-state index contributed by atoms with van der Waals surface area (Å²) in [5.74, 6) is 0.193. The number of aryl methyl sites for hydroxylation is 1. The van der Waals surface area contributed by atoms with Crippen LogP contribution >= 0.6 is 0 Å². The molecule has 28 heavy (non-hydrogen) atoms. The number of rotatable bonds is 7. The molecule has 4 rings (SSSR count).